The van der Waals surface area contributed by atoms with E-state index >= 15 is 0 Å². The predicted octanol–water partition coefficient (Wildman–Crippen LogP) is -3.80. The van der Waals surface area contributed by atoms with Gasteiger partial charge in [-0.25, -0.2) is 9.59 Å². The van der Waals surface area contributed by atoms with Gasteiger partial charge in [0.2, 0.25) is 0 Å². The summed E-state index contributed by atoms with van der Waals surface area (Å²) in [5.74, 6) is -4.58. The smallest absolute Gasteiger partial charge is 0.448 e. The van der Waals surface area contributed by atoms with E-state index in [4.69, 9.17) is 30.6 Å². The van der Waals surface area contributed by atoms with E-state index in [9.17, 15) is 19.7 Å². The first-order chi connectivity index (χ1) is 7.56. The third-order valence-electron chi connectivity index (χ3n) is 1.91. The number of aliphatic carboxylic acids is 2. The van der Waals surface area contributed by atoms with E-state index in [2.05, 4.69) is 0 Å². The molecule has 0 aliphatic heterocycles. The Morgan fingerprint density at radius 3 is 1.82 bits per heavy atom. The van der Waals surface area contributed by atoms with Crippen molar-refractivity contribution in [2.75, 3.05) is 0 Å². The molecule has 0 saturated carbocycles. The second-order valence-electron chi connectivity index (χ2n) is 3.01. The maximum atomic E-state index is 10.4. The van der Waals surface area contributed by atoms with Crippen LogP contribution in [0.25, 0.3) is 0 Å². The summed E-state index contributed by atoms with van der Waals surface area (Å²) in [6.07, 6.45) is -8.50. The normalized spacial score (nSPS) is 19.8. The Hall–Kier alpha value is -1.82. The fraction of sp³-hybridized carbons (Fsp3) is 0.667. The average molecular weight is 255 g/mol. The van der Waals surface area contributed by atoms with Crippen LogP contribution >= 0.6 is 0 Å². The lowest BCUT2D eigenvalue weighted by Crippen LogP contribution is -2.62. The van der Waals surface area contributed by atoms with E-state index in [0.717, 1.165) is 0 Å². The zero-order valence-corrected chi connectivity index (χ0v) is 8.00. The minimum Gasteiger partial charge on any atom is -0.479 e. The van der Waals surface area contributed by atoms with Gasteiger partial charge < -0.3 is 30.6 Å². The highest BCUT2D eigenvalue weighted by molar-refractivity contribution is 5.77. The monoisotopic (exact) mass is 255 g/mol. The molecule has 0 unspecified atom stereocenters. The number of carboxylic acids is 2. The van der Waals surface area contributed by atoms with Gasteiger partial charge in [-0.2, -0.15) is 0 Å². The lowest BCUT2D eigenvalue weighted by molar-refractivity contribution is -0.622. The van der Waals surface area contributed by atoms with Crippen molar-refractivity contribution in [2.45, 2.75) is 24.0 Å². The molecule has 0 saturated heterocycles. The molecule has 0 aromatic carbocycles. The summed E-state index contributed by atoms with van der Waals surface area (Å²) < 4.78 is 0. The van der Waals surface area contributed by atoms with Crippen LogP contribution in [0.4, 0.5) is 0 Å². The standard InChI is InChI=1S/C6H9NO10/c8-1(2(9)4(11)12)3(10)6(15,5(13)14)7(16)17/h1-3,8-10,15H,(H,11,12)(H,13,14)/t1-,2+,3+,6-/m1/s1. The Bertz CT molecular complexity index is 326. The van der Waals surface area contributed by atoms with Crippen molar-refractivity contribution in [1.82, 2.24) is 0 Å². The van der Waals surface area contributed by atoms with Gasteiger partial charge in [0, 0.05) is 0 Å². The van der Waals surface area contributed by atoms with Crippen LogP contribution in [0.15, 0.2) is 0 Å². The number of rotatable bonds is 6. The highest BCUT2D eigenvalue weighted by Gasteiger charge is 2.61. The van der Waals surface area contributed by atoms with Crippen LogP contribution in [0.5, 0.6) is 0 Å². The van der Waals surface area contributed by atoms with Crippen molar-refractivity contribution in [1.29, 1.82) is 0 Å². The summed E-state index contributed by atoms with van der Waals surface area (Å²) in [6, 6.07) is 0. The molecule has 0 heterocycles. The quantitative estimate of drug-likeness (QED) is 0.155. The second-order valence-corrected chi connectivity index (χ2v) is 3.01. The fourth-order valence-electron chi connectivity index (χ4n) is 0.869. The van der Waals surface area contributed by atoms with Crippen LogP contribution in [0.3, 0.4) is 0 Å². The first-order valence-electron chi connectivity index (χ1n) is 3.94. The number of aliphatic hydroxyl groups is 4. The van der Waals surface area contributed by atoms with Crippen LogP contribution in [-0.2, 0) is 9.59 Å². The van der Waals surface area contributed by atoms with Gasteiger partial charge in [-0.05, 0) is 0 Å². The highest BCUT2D eigenvalue weighted by atomic mass is 16.7. The number of nitrogens with zero attached hydrogens (tertiary/aromatic N) is 1. The SMILES string of the molecule is O=C(O)[C@@H](O)[C@@H](O)[C@H](O)[C@@](O)(C(=O)O)[N+](=O)[O-]. The maximum Gasteiger partial charge on any atom is 0.448 e. The maximum absolute atomic E-state index is 10.4. The largest absolute Gasteiger partial charge is 0.479 e. The van der Waals surface area contributed by atoms with E-state index in [-0.39, 0.29) is 0 Å². The Balaban J connectivity index is 5.25. The van der Waals surface area contributed by atoms with Gasteiger partial charge in [-0.1, -0.05) is 0 Å². The van der Waals surface area contributed by atoms with E-state index in [1.54, 1.807) is 0 Å². The molecule has 0 aliphatic carbocycles. The first-order valence-corrected chi connectivity index (χ1v) is 3.94. The van der Waals surface area contributed by atoms with Crippen LogP contribution < -0.4 is 0 Å². The zero-order chi connectivity index (χ0) is 14.0. The molecular formula is C6H9NO10. The van der Waals surface area contributed by atoms with Crippen LogP contribution in [0, 0.1) is 10.1 Å². The summed E-state index contributed by atoms with van der Waals surface area (Å²) in [4.78, 5) is 29.0. The molecule has 0 radical (unpaired) electrons. The van der Waals surface area contributed by atoms with E-state index in [1.165, 1.54) is 0 Å². The number of carbonyl (C=O) groups is 2. The van der Waals surface area contributed by atoms with Gasteiger partial charge in [0.15, 0.2) is 12.2 Å². The molecule has 0 amide bonds. The second kappa shape index (κ2) is 5.01. The predicted molar refractivity (Wildman–Crippen MR) is 45.2 cm³/mol. The lowest BCUT2D eigenvalue weighted by atomic mass is 9.98. The third kappa shape index (κ3) is 2.65. The van der Waals surface area contributed by atoms with Gasteiger partial charge >= 0.3 is 17.7 Å². The van der Waals surface area contributed by atoms with Crippen molar-refractivity contribution in [3.05, 3.63) is 10.1 Å². The van der Waals surface area contributed by atoms with E-state index < -0.39 is 40.9 Å². The summed E-state index contributed by atoms with van der Waals surface area (Å²) in [5.41, 5.74) is -4.03. The molecule has 0 aromatic rings. The zero-order valence-electron chi connectivity index (χ0n) is 8.00. The number of carboxylic acid groups (broad SMARTS) is 2. The van der Waals surface area contributed by atoms with Gasteiger partial charge in [0.1, 0.15) is 6.10 Å². The molecule has 0 bridgehead atoms. The van der Waals surface area contributed by atoms with Crippen LogP contribution in [-0.4, -0.2) is 71.5 Å². The molecule has 4 atom stereocenters. The lowest BCUT2D eigenvalue weighted by Gasteiger charge is -2.25. The van der Waals surface area contributed by atoms with Gasteiger partial charge in [0.05, 0.1) is 4.92 Å². The van der Waals surface area contributed by atoms with Gasteiger partial charge in [0.25, 0.3) is 0 Å². The Morgan fingerprint density at radius 2 is 1.59 bits per heavy atom. The minimum absolute atomic E-state index is 1.84. The molecule has 17 heavy (non-hydrogen) atoms. The third-order valence-corrected chi connectivity index (χ3v) is 1.91. The number of hydrogen-bond donors (Lipinski definition) is 6. The molecule has 0 fully saturated rings. The summed E-state index contributed by atoms with van der Waals surface area (Å²) in [7, 11) is 0. The van der Waals surface area contributed by atoms with E-state index in [1.807, 2.05) is 0 Å². The summed E-state index contributed by atoms with van der Waals surface area (Å²) in [5, 5.41) is 62.7. The molecule has 0 aliphatic rings. The van der Waals surface area contributed by atoms with E-state index in [0.29, 0.717) is 0 Å². The highest BCUT2D eigenvalue weighted by Crippen LogP contribution is 2.17. The van der Waals surface area contributed by atoms with Crippen molar-refractivity contribution < 1.29 is 45.2 Å². The molecule has 6 N–H and O–H groups in total. The number of nitro groups is 1. The molecule has 0 aromatic heterocycles. The topological polar surface area (TPSA) is 199 Å². The molecular weight excluding hydrogens is 246 g/mol. The Labute approximate surface area is 92.3 Å². The minimum atomic E-state index is -4.03. The average Bonchev–Trinajstić information content (AvgIpc) is 2.23. The Kier molecular flexibility index (Phi) is 4.47. The van der Waals surface area contributed by atoms with Crippen molar-refractivity contribution in [3.8, 4) is 0 Å². The molecule has 11 heteroatoms. The van der Waals surface area contributed by atoms with Crippen LogP contribution in [0.1, 0.15) is 0 Å². The summed E-state index contributed by atoms with van der Waals surface area (Å²) in [6.45, 7) is 0. The molecule has 0 rings (SSSR count). The number of hydrogen-bond acceptors (Lipinski definition) is 8. The first kappa shape index (κ1) is 15.2. The van der Waals surface area contributed by atoms with Crippen molar-refractivity contribution >= 4 is 11.9 Å². The van der Waals surface area contributed by atoms with Crippen molar-refractivity contribution in [3.63, 3.8) is 0 Å². The summed E-state index contributed by atoms with van der Waals surface area (Å²) >= 11 is 0. The Morgan fingerprint density at radius 1 is 1.18 bits per heavy atom. The number of aliphatic hydroxyl groups excluding tert-OH is 3. The molecule has 11 nitrogen and oxygen atoms in total. The van der Waals surface area contributed by atoms with Crippen molar-refractivity contribution in [2.24, 2.45) is 0 Å². The van der Waals surface area contributed by atoms with Gasteiger partial charge in [-0.15, -0.1) is 0 Å². The molecule has 98 valence electrons. The molecule has 0 spiro atoms. The fourth-order valence-corrected chi connectivity index (χ4v) is 0.869. The van der Waals surface area contributed by atoms with Gasteiger partial charge in [-0.3, -0.25) is 10.1 Å². The van der Waals surface area contributed by atoms with Crippen LogP contribution in [0.2, 0.25) is 0 Å².